The van der Waals surface area contributed by atoms with E-state index in [-0.39, 0.29) is 6.10 Å². The Morgan fingerprint density at radius 3 is 2.88 bits per heavy atom. The van der Waals surface area contributed by atoms with Crippen LogP contribution in [0.15, 0.2) is 53.1 Å². The Bertz CT molecular complexity index is 909. The molecule has 2 heterocycles. The Morgan fingerprint density at radius 1 is 1.23 bits per heavy atom. The number of methoxy groups -OCH3 is 1. The number of cyclic esters (lactones) is 1. The van der Waals surface area contributed by atoms with Crippen molar-refractivity contribution in [1.29, 1.82) is 0 Å². The van der Waals surface area contributed by atoms with E-state index in [0.29, 0.717) is 36.9 Å². The average molecular weight is 354 g/mol. The summed E-state index contributed by atoms with van der Waals surface area (Å²) < 4.78 is 21.5. The van der Waals surface area contributed by atoms with Gasteiger partial charge in [0.1, 0.15) is 18.5 Å². The molecule has 3 aromatic rings. The molecule has 1 aromatic heterocycles. The minimum absolute atomic E-state index is 0.312. The molecule has 1 saturated heterocycles. The molecule has 0 spiro atoms. The summed E-state index contributed by atoms with van der Waals surface area (Å²) in [6, 6.07) is 15.3. The van der Waals surface area contributed by atoms with Crippen molar-refractivity contribution in [2.24, 2.45) is 0 Å². The summed E-state index contributed by atoms with van der Waals surface area (Å²) in [7, 11) is 1.57. The van der Waals surface area contributed by atoms with Gasteiger partial charge in [-0.15, -0.1) is 0 Å². The third-order valence-corrected chi connectivity index (χ3v) is 4.16. The molecule has 0 unspecified atom stereocenters. The van der Waals surface area contributed by atoms with Gasteiger partial charge in [0.25, 0.3) is 0 Å². The molecule has 134 valence electrons. The van der Waals surface area contributed by atoms with Gasteiger partial charge in [0.05, 0.1) is 18.5 Å². The fourth-order valence-corrected chi connectivity index (χ4v) is 2.90. The first kappa shape index (κ1) is 16.4. The first-order valence-corrected chi connectivity index (χ1v) is 8.28. The van der Waals surface area contributed by atoms with Crippen molar-refractivity contribution in [1.82, 2.24) is 5.16 Å². The van der Waals surface area contributed by atoms with Crippen molar-refractivity contribution in [3.8, 4) is 5.75 Å². The second-order valence-corrected chi connectivity index (χ2v) is 6.01. The molecule has 0 bridgehead atoms. The van der Waals surface area contributed by atoms with Crippen molar-refractivity contribution < 1.29 is 23.5 Å². The third-order valence-electron chi connectivity index (χ3n) is 4.16. The van der Waals surface area contributed by atoms with Crippen molar-refractivity contribution in [2.75, 3.05) is 25.2 Å². The fourth-order valence-electron chi connectivity index (χ4n) is 2.90. The summed E-state index contributed by atoms with van der Waals surface area (Å²) in [5.41, 5.74) is 1.63. The van der Waals surface area contributed by atoms with E-state index >= 15 is 0 Å². The maximum Gasteiger partial charge on any atom is 0.416 e. The molecular weight excluding hydrogens is 336 g/mol. The highest BCUT2D eigenvalue weighted by molar-refractivity contribution is 5.99. The number of aromatic nitrogens is 1. The Morgan fingerprint density at radius 2 is 2.08 bits per heavy atom. The summed E-state index contributed by atoms with van der Waals surface area (Å²) >= 11 is 0. The molecule has 1 atom stereocenters. The van der Waals surface area contributed by atoms with Gasteiger partial charge in [-0.3, -0.25) is 4.90 Å². The number of carbonyl (C=O) groups excluding carboxylic acids is 1. The molecule has 7 nitrogen and oxygen atoms in total. The molecule has 0 aliphatic carbocycles. The van der Waals surface area contributed by atoms with E-state index in [9.17, 15) is 4.79 Å². The normalized spacial score (nSPS) is 16.9. The van der Waals surface area contributed by atoms with E-state index in [1.54, 1.807) is 13.2 Å². The van der Waals surface area contributed by atoms with Gasteiger partial charge in [0, 0.05) is 13.2 Å². The van der Waals surface area contributed by atoms with Crippen molar-refractivity contribution in [2.45, 2.75) is 12.7 Å². The van der Waals surface area contributed by atoms with Crippen LogP contribution in [0.4, 0.5) is 10.6 Å². The van der Waals surface area contributed by atoms with E-state index in [0.717, 1.165) is 10.9 Å². The van der Waals surface area contributed by atoms with Crippen molar-refractivity contribution in [3.05, 3.63) is 54.1 Å². The summed E-state index contributed by atoms with van der Waals surface area (Å²) in [6.45, 7) is 1.18. The molecule has 0 saturated carbocycles. The Labute approximate surface area is 150 Å². The number of ether oxygens (including phenoxy) is 3. The Balaban J connectivity index is 1.51. The van der Waals surface area contributed by atoms with Crippen molar-refractivity contribution >= 4 is 22.9 Å². The highest BCUT2D eigenvalue weighted by atomic mass is 16.6. The van der Waals surface area contributed by atoms with E-state index in [4.69, 9.17) is 18.7 Å². The van der Waals surface area contributed by atoms with Crippen LogP contribution in [0, 0.1) is 0 Å². The average Bonchev–Trinajstić information content (AvgIpc) is 3.23. The molecule has 1 aliphatic rings. The smallest absolute Gasteiger partial charge is 0.416 e. The standard InChI is InChI=1S/C19H18N2O5/c1-23-12-15-10-21(19(22)25-15)18-16-8-7-14(9-17(16)26-20-18)24-11-13-5-3-2-4-6-13/h2-9,15H,10-12H2,1H3/t15-/m1/s1. The number of fused-ring (bicyclic) bond motifs is 1. The number of benzene rings is 2. The van der Waals surface area contributed by atoms with Gasteiger partial charge in [-0.25, -0.2) is 4.79 Å². The van der Waals surface area contributed by atoms with Crippen LogP contribution in [0.1, 0.15) is 5.56 Å². The highest BCUT2D eigenvalue weighted by Crippen LogP contribution is 2.31. The second-order valence-electron chi connectivity index (χ2n) is 6.01. The third kappa shape index (κ3) is 3.21. The maximum absolute atomic E-state index is 12.1. The molecule has 2 aromatic carbocycles. The molecule has 26 heavy (non-hydrogen) atoms. The number of hydrogen-bond donors (Lipinski definition) is 0. The van der Waals surface area contributed by atoms with E-state index < -0.39 is 6.09 Å². The zero-order valence-electron chi connectivity index (χ0n) is 14.3. The largest absolute Gasteiger partial charge is 0.489 e. The van der Waals surface area contributed by atoms with Crippen LogP contribution in [0.2, 0.25) is 0 Å². The van der Waals surface area contributed by atoms with Crippen LogP contribution in [-0.2, 0) is 16.1 Å². The number of anilines is 1. The molecular formula is C19H18N2O5. The summed E-state index contributed by atoms with van der Waals surface area (Å²) in [5, 5.41) is 4.76. The molecule has 7 heteroatoms. The Kier molecular flexibility index (Phi) is 4.45. The van der Waals surface area contributed by atoms with Crippen LogP contribution in [0.25, 0.3) is 11.0 Å². The SMILES string of the molecule is COC[C@H]1CN(c2noc3cc(OCc4ccccc4)ccc23)C(=O)O1. The van der Waals surface area contributed by atoms with Crippen LogP contribution in [0.3, 0.4) is 0 Å². The molecule has 1 fully saturated rings. The quantitative estimate of drug-likeness (QED) is 0.676. The predicted octanol–water partition coefficient (Wildman–Crippen LogP) is 3.38. The zero-order chi connectivity index (χ0) is 17.9. The highest BCUT2D eigenvalue weighted by Gasteiger charge is 2.35. The second kappa shape index (κ2) is 7.05. The fraction of sp³-hybridized carbons (Fsp3) is 0.263. The number of carbonyl (C=O) groups is 1. The number of rotatable bonds is 6. The van der Waals surface area contributed by atoms with Gasteiger partial charge >= 0.3 is 6.09 Å². The first-order chi connectivity index (χ1) is 12.7. The predicted molar refractivity (Wildman–Crippen MR) is 94.3 cm³/mol. The monoisotopic (exact) mass is 354 g/mol. The number of hydrogen-bond acceptors (Lipinski definition) is 6. The minimum Gasteiger partial charge on any atom is -0.489 e. The van der Waals surface area contributed by atoms with Gasteiger partial charge in [0.15, 0.2) is 11.4 Å². The van der Waals surface area contributed by atoms with E-state index in [1.807, 2.05) is 42.5 Å². The lowest BCUT2D eigenvalue weighted by molar-refractivity contribution is 0.0718. The van der Waals surface area contributed by atoms with Gasteiger partial charge < -0.3 is 18.7 Å². The van der Waals surface area contributed by atoms with Crippen LogP contribution in [-0.4, -0.2) is 37.6 Å². The maximum atomic E-state index is 12.1. The van der Waals surface area contributed by atoms with Crippen LogP contribution >= 0.6 is 0 Å². The first-order valence-electron chi connectivity index (χ1n) is 8.28. The number of nitrogens with zero attached hydrogens (tertiary/aromatic N) is 2. The van der Waals surface area contributed by atoms with E-state index in [2.05, 4.69) is 5.16 Å². The summed E-state index contributed by atoms with van der Waals surface area (Å²) in [5.74, 6) is 1.11. The van der Waals surface area contributed by atoms with Gasteiger partial charge in [-0.1, -0.05) is 35.5 Å². The van der Waals surface area contributed by atoms with Crippen LogP contribution in [0.5, 0.6) is 5.75 Å². The molecule has 1 amide bonds. The lowest BCUT2D eigenvalue weighted by Gasteiger charge is -2.09. The molecule has 0 N–H and O–H groups in total. The van der Waals surface area contributed by atoms with Gasteiger partial charge in [-0.05, 0) is 17.7 Å². The van der Waals surface area contributed by atoms with Crippen molar-refractivity contribution in [3.63, 3.8) is 0 Å². The van der Waals surface area contributed by atoms with Crippen LogP contribution < -0.4 is 9.64 Å². The Hall–Kier alpha value is -3.06. The molecule has 1 aliphatic heterocycles. The minimum atomic E-state index is -0.452. The summed E-state index contributed by atoms with van der Waals surface area (Å²) in [4.78, 5) is 13.5. The lowest BCUT2D eigenvalue weighted by Crippen LogP contribution is -2.26. The summed E-state index contributed by atoms with van der Waals surface area (Å²) in [6.07, 6.45) is -0.764. The topological polar surface area (TPSA) is 74.0 Å². The zero-order valence-corrected chi connectivity index (χ0v) is 14.3. The van der Waals surface area contributed by atoms with E-state index in [1.165, 1.54) is 4.90 Å². The molecule has 4 rings (SSSR count). The van der Waals surface area contributed by atoms with Gasteiger partial charge in [0.2, 0.25) is 0 Å². The molecule has 0 radical (unpaired) electrons. The number of amides is 1. The lowest BCUT2D eigenvalue weighted by atomic mass is 10.2. The van der Waals surface area contributed by atoms with Gasteiger partial charge in [-0.2, -0.15) is 0 Å².